The summed E-state index contributed by atoms with van der Waals surface area (Å²) < 4.78 is 34.5. The summed E-state index contributed by atoms with van der Waals surface area (Å²) in [5.41, 5.74) is 0.607. The third-order valence-corrected chi connectivity index (χ3v) is 7.05. The van der Waals surface area contributed by atoms with Gasteiger partial charge in [0.2, 0.25) is 0 Å². The number of nitrogens with zero attached hydrogens (tertiary/aromatic N) is 2. The SMILES string of the molecule is CN(C(=O)OC(C)(C)C)C1CN(S(=O)(=O)NC2CC(c3ccc(Cl)cc3)C2)C1. The van der Waals surface area contributed by atoms with E-state index in [4.69, 9.17) is 16.3 Å². The van der Waals surface area contributed by atoms with Crippen LogP contribution in [0.4, 0.5) is 4.79 Å². The number of rotatable bonds is 5. The van der Waals surface area contributed by atoms with E-state index < -0.39 is 21.9 Å². The molecule has 1 heterocycles. The van der Waals surface area contributed by atoms with Crippen molar-refractivity contribution in [2.75, 3.05) is 20.1 Å². The van der Waals surface area contributed by atoms with Crippen molar-refractivity contribution in [3.63, 3.8) is 0 Å². The summed E-state index contributed by atoms with van der Waals surface area (Å²) in [6.07, 6.45) is 1.11. The fraction of sp³-hybridized carbons (Fsp3) is 0.632. The van der Waals surface area contributed by atoms with Crippen LogP contribution in [0.25, 0.3) is 0 Å². The molecule has 1 aromatic carbocycles. The van der Waals surface area contributed by atoms with Gasteiger partial charge in [-0.05, 0) is 57.2 Å². The van der Waals surface area contributed by atoms with Gasteiger partial charge < -0.3 is 9.64 Å². The van der Waals surface area contributed by atoms with Gasteiger partial charge in [0.15, 0.2) is 0 Å². The first-order valence-corrected chi connectivity index (χ1v) is 11.2. The maximum absolute atomic E-state index is 12.5. The average Bonchev–Trinajstić information content (AvgIpc) is 2.48. The first-order chi connectivity index (χ1) is 12.9. The van der Waals surface area contributed by atoms with Crippen molar-refractivity contribution in [3.05, 3.63) is 34.9 Å². The Morgan fingerprint density at radius 2 is 1.79 bits per heavy atom. The molecule has 1 N–H and O–H groups in total. The lowest BCUT2D eigenvalue weighted by Gasteiger charge is -2.44. The summed E-state index contributed by atoms with van der Waals surface area (Å²) in [6, 6.07) is 7.46. The molecule has 9 heteroatoms. The molecule has 1 amide bonds. The summed E-state index contributed by atoms with van der Waals surface area (Å²) in [5.74, 6) is 0.354. The minimum atomic E-state index is -3.54. The molecule has 0 atom stereocenters. The van der Waals surface area contributed by atoms with Gasteiger partial charge in [0.05, 0.1) is 6.04 Å². The Balaban J connectivity index is 1.44. The molecule has 2 aliphatic rings. The number of carbonyl (C=O) groups excluding carboxylic acids is 1. The van der Waals surface area contributed by atoms with Crippen LogP contribution in [-0.4, -0.2) is 61.5 Å². The molecule has 3 rings (SSSR count). The van der Waals surface area contributed by atoms with Gasteiger partial charge in [0, 0.05) is 31.2 Å². The minimum absolute atomic E-state index is 0.0617. The fourth-order valence-electron chi connectivity index (χ4n) is 3.35. The van der Waals surface area contributed by atoms with E-state index in [1.807, 2.05) is 24.3 Å². The Bertz CT molecular complexity index is 811. The third-order valence-electron chi connectivity index (χ3n) is 5.19. The number of halogens is 1. The van der Waals surface area contributed by atoms with Crippen molar-refractivity contribution >= 4 is 27.9 Å². The summed E-state index contributed by atoms with van der Waals surface area (Å²) in [7, 11) is -1.90. The van der Waals surface area contributed by atoms with Crippen LogP contribution in [0.1, 0.15) is 45.1 Å². The molecule has 156 valence electrons. The van der Waals surface area contributed by atoms with E-state index in [0.29, 0.717) is 10.9 Å². The summed E-state index contributed by atoms with van der Waals surface area (Å²) >= 11 is 5.91. The van der Waals surface area contributed by atoms with Gasteiger partial charge in [-0.25, -0.2) is 4.79 Å². The second-order valence-electron chi connectivity index (χ2n) is 8.60. The zero-order valence-electron chi connectivity index (χ0n) is 16.7. The van der Waals surface area contributed by atoms with Crippen molar-refractivity contribution in [3.8, 4) is 0 Å². The van der Waals surface area contributed by atoms with E-state index in [-0.39, 0.29) is 25.2 Å². The van der Waals surface area contributed by atoms with Crippen molar-refractivity contribution in [1.82, 2.24) is 13.9 Å². The van der Waals surface area contributed by atoms with Gasteiger partial charge in [0.25, 0.3) is 10.2 Å². The monoisotopic (exact) mass is 429 g/mol. The first-order valence-electron chi connectivity index (χ1n) is 9.43. The number of benzene rings is 1. The quantitative estimate of drug-likeness (QED) is 0.780. The average molecular weight is 430 g/mol. The van der Waals surface area contributed by atoms with Crippen LogP contribution in [0.3, 0.4) is 0 Å². The third kappa shape index (κ3) is 4.97. The van der Waals surface area contributed by atoms with Gasteiger partial charge in [0.1, 0.15) is 5.60 Å². The molecule has 0 radical (unpaired) electrons. The summed E-state index contributed by atoms with van der Waals surface area (Å²) in [6.45, 7) is 5.96. The van der Waals surface area contributed by atoms with Crippen LogP contribution >= 0.6 is 11.6 Å². The van der Waals surface area contributed by atoms with Crippen molar-refractivity contribution in [2.24, 2.45) is 0 Å². The van der Waals surface area contributed by atoms with Gasteiger partial charge in [-0.15, -0.1) is 0 Å². The van der Waals surface area contributed by atoms with E-state index in [0.717, 1.165) is 12.8 Å². The van der Waals surface area contributed by atoms with E-state index in [1.165, 1.54) is 14.8 Å². The van der Waals surface area contributed by atoms with Crippen LogP contribution in [0, 0.1) is 0 Å². The Morgan fingerprint density at radius 3 is 2.32 bits per heavy atom. The molecule has 28 heavy (non-hydrogen) atoms. The van der Waals surface area contributed by atoms with Gasteiger partial charge in [-0.1, -0.05) is 23.7 Å². The zero-order chi connectivity index (χ0) is 20.7. The smallest absolute Gasteiger partial charge is 0.410 e. The Morgan fingerprint density at radius 1 is 1.21 bits per heavy atom. The molecule has 1 saturated heterocycles. The molecule has 1 aromatic rings. The topological polar surface area (TPSA) is 79.0 Å². The van der Waals surface area contributed by atoms with Crippen LogP contribution in [-0.2, 0) is 14.9 Å². The lowest BCUT2D eigenvalue weighted by atomic mass is 9.76. The first kappa shape index (κ1) is 21.4. The van der Waals surface area contributed by atoms with Gasteiger partial charge in [-0.3, -0.25) is 0 Å². The van der Waals surface area contributed by atoms with E-state index in [1.54, 1.807) is 27.8 Å². The number of carbonyl (C=O) groups is 1. The predicted octanol–water partition coefficient (Wildman–Crippen LogP) is 2.97. The van der Waals surface area contributed by atoms with Crippen LogP contribution in [0.2, 0.25) is 5.02 Å². The standard InChI is InChI=1S/C19H28ClN3O4S/c1-19(2,3)27-18(24)22(4)17-11-23(12-17)28(25,26)21-16-9-14(10-16)13-5-7-15(20)8-6-13/h5-8,14,16-17,21H,9-12H2,1-4H3. The highest BCUT2D eigenvalue weighted by atomic mass is 35.5. The Hall–Kier alpha value is -1.35. The largest absolute Gasteiger partial charge is 0.444 e. The zero-order valence-corrected chi connectivity index (χ0v) is 18.3. The molecule has 2 fully saturated rings. The van der Waals surface area contributed by atoms with Crippen molar-refractivity contribution in [2.45, 2.75) is 57.2 Å². The van der Waals surface area contributed by atoms with Crippen LogP contribution < -0.4 is 4.72 Å². The number of hydrogen-bond acceptors (Lipinski definition) is 4. The summed E-state index contributed by atoms with van der Waals surface area (Å²) in [5, 5.41) is 0.698. The molecule has 1 aliphatic heterocycles. The number of amides is 1. The molecule has 1 saturated carbocycles. The molecular formula is C19H28ClN3O4S. The van der Waals surface area contributed by atoms with E-state index in [9.17, 15) is 13.2 Å². The second kappa shape index (κ2) is 7.82. The number of hydrogen-bond donors (Lipinski definition) is 1. The molecule has 7 nitrogen and oxygen atoms in total. The van der Waals surface area contributed by atoms with E-state index in [2.05, 4.69) is 4.72 Å². The van der Waals surface area contributed by atoms with Gasteiger partial charge in [-0.2, -0.15) is 17.4 Å². The Labute approximate surface area is 172 Å². The lowest BCUT2D eigenvalue weighted by Crippen LogP contribution is -2.64. The van der Waals surface area contributed by atoms with Crippen LogP contribution in [0.5, 0.6) is 0 Å². The molecule has 0 spiro atoms. The van der Waals surface area contributed by atoms with Crippen molar-refractivity contribution in [1.29, 1.82) is 0 Å². The highest BCUT2D eigenvalue weighted by molar-refractivity contribution is 7.87. The molecule has 0 bridgehead atoms. The summed E-state index contributed by atoms with van der Waals surface area (Å²) in [4.78, 5) is 13.6. The maximum Gasteiger partial charge on any atom is 0.410 e. The molecular weight excluding hydrogens is 402 g/mol. The van der Waals surface area contributed by atoms with E-state index >= 15 is 0 Å². The fourth-order valence-corrected chi connectivity index (χ4v) is 4.97. The van der Waals surface area contributed by atoms with Crippen molar-refractivity contribution < 1.29 is 17.9 Å². The molecule has 0 unspecified atom stereocenters. The highest BCUT2D eigenvalue weighted by Crippen LogP contribution is 2.38. The maximum atomic E-state index is 12.5. The van der Waals surface area contributed by atoms with Crippen LogP contribution in [0.15, 0.2) is 24.3 Å². The Kier molecular flexibility index (Phi) is 5.96. The lowest BCUT2D eigenvalue weighted by molar-refractivity contribution is 0.00884. The number of ether oxygens (including phenoxy) is 1. The number of likely N-dealkylation sites (N-methyl/N-ethyl adjacent to an activating group) is 1. The predicted molar refractivity (Wildman–Crippen MR) is 109 cm³/mol. The minimum Gasteiger partial charge on any atom is -0.444 e. The molecule has 1 aliphatic carbocycles. The number of nitrogens with one attached hydrogen (secondary N) is 1. The normalized spacial score (nSPS) is 23.6. The highest BCUT2D eigenvalue weighted by Gasteiger charge is 2.42. The molecule has 0 aromatic heterocycles. The van der Waals surface area contributed by atoms with Gasteiger partial charge >= 0.3 is 6.09 Å². The second-order valence-corrected chi connectivity index (χ2v) is 10.7.